The second kappa shape index (κ2) is 4.46. The van der Waals surface area contributed by atoms with E-state index in [1.165, 1.54) is 0 Å². The largest absolute Gasteiger partial charge is 0.480 e. The Hall–Kier alpha value is -1.81. The summed E-state index contributed by atoms with van der Waals surface area (Å²) in [7, 11) is 0. The third kappa shape index (κ3) is 1.78. The first kappa shape index (κ1) is 11.3. The summed E-state index contributed by atoms with van der Waals surface area (Å²) in [5.41, 5.74) is 1.87. The van der Waals surface area contributed by atoms with Gasteiger partial charge in [0.25, 0.3) is 0 Å². The van der Waals surface area contributed by atoms with Gasteiger partial charge in [-0.15, -0.1) is 0 Å². The maximum absolute atomic E-state index is 11.6. The number of para-hydroxylation sites is 1. The molecule has 0 amide bonds. The minimum atomic E-state index is -0.762. The summed E-state index contributed by atoms with van der Waals surface area (Å²) in [6.07, 6.45) is 4.01. The molecule has 1 aliphatic rings. The number of carbonyl (C=O) groups is 1. The highest BCUT2D eigenvalue weighted by molar-refractivity contribution is 5.89. The van der Waals surface area contributed by atoms with Crippen LogP contribution in [-0.4, -0.2) is 34.0 Å². The third-order valence-electron chi connectivity index (χ3n) is 3.66. The quantitative estimate of drug-likeness (QED) is 0.871. The standard InChI is InChI=1S/C14H16N2O2/c17-14(18)13(16-7-3-4-8-16)11-9-15-12-6-2-1-5-10(11)12/h1-2,5-6,9,13,15H,3-4,7-8H2,(H,17,18)/t13-/m0/s1. The van der Waals surface area contributed by atoms with Gasteiger partial charge in [0.05, 0.1) is 0 Å². The predicted octanol–water partition coefficient (Wildman–Crippen LogP) is 2.39. The van der Waals surface area contributed by atoms with E-state index in [9.17, 15) is 9.90 Å². The van der Waals surface area contributed by atoms with Gasteiger partial charge in [-0.2, -0.15) is 0 Å². The van der Waals surface area contributed by atoms with E-state index in [4.69, 9.17) is 0 Å². The SMILES string of the molecule is O=C(O)[C@H](c1c[nH]c2ccccc12)N1CCCC1. The van der Waals surface area contributed by atoms with Crippen LogP contribution in [0.2, 0.25) is 0 Å². The molecule has 0 spiro atoms. The van der Waals surface area contributed by atoms with Gasteiger partial charge in [0, 0.05) is 22.7 Å². The number of aromatic amines is 1. The van der Waals surface area contributed by atoms with Crippen LogP contribution in [0.3, 0.4) is 0 Å². The van der Waals surface area contributed by atoms with Gasteiger partial charge in [-0.25, -0.2) is 0 Å². The van der Waals surface area contributed by atoms with Crippen molar-refractivity contribution in [2.45, 2.75) is 18.9 Å². The van der Waals surface area contributed by atoms with Crippen molar-refractivity contribution in [1.82, 2.24) is 9.88 Å². The van der Waals surface area contributed by atoms with Gasteiger partial charge < -0.3 is 10.1 Å². The summed E-state index contributed by atoms with van der Waals surface area (Å²) in [6.45, 7) is 1.74. The first-order valence-electron chi connectivity index (χ1n) is 6.30. The number of rotatable bonds is 3. The van der Waals surface area contributed by atoms with E-state index < -0.39 is 12.0 Å². The Morgan fingerprint density at radius 3 is 2.72 bits per heavy atom. The second-order valence-corrected chi connectivity index (χ2v) is 4.77. The molecule has 2 aromatic rings. The van der Waals surface area contributed by atoms with Crippen LogP contribution < -0.4 is 0 Å². The van der Waals surface area contributed by atoms with Crippen LogP contribution in [0.1, 0.15) is 24.4 Å². The molecule has 1 atom stereocenters. The van der Waals surface area contributed by atoms with Gasteiger partial charge in [0.1, 0.15) is 6.04 Å². The minimum Gasteiger partial charge on any atom is -0.480 e. The number of fused-ring (bicyclic) bond motifs is 1. The van der Waals surface area contributed by atoms with Crippen LogP contribution in [0.5, 0.6) is 0 Å². The summed E-state index contributed by atoms with van der Waals surface area (Å²) in [6, 6.07) is 7.33. The molecule has 18 heavy (non-hydrogen) atoms. The number of likely N-dealkylation sites (tertiary alicyclic amines) is 1. The molecular formula is C14H16N2O2. The fraction of sp³-hybridized carbons (Fsp3) is 0.357. The molecule has 2 heterocycles. The predicted molar refractivity (Wildman–Crippen MR) is 69.5 cm³/mol. The summed E-state index contributed by atoms with van der Waals surface area (Å²) in [5.74, 6) is -0.762. The Kier molecular flexibility index (Phi) is 2.80. The molecule has 2 N–H and O–H groups in total. The monoisotopic (exact) mass is 244 g/mol. The number of aliphatic carboxylic acids is 1. The summed E-state index contributed by atoms with van der Waals surface area (Å²) in [4.78, 5) is 16.8. The van der Waals surface area contributed by atoms with Gasteiger partial charge in [-0.05, 0) is 32.0 Å². The van der Waals surface area contributed by atoms with Gasteiger partial charge in [-0.1, -0.05) is 18.2 Å². The molecule has 1 aromatic heterocycles. The van der Waals surface area contributed by atoms with Crippen molar-refractivity contribution < 1.29 is 9.90 Å². The maximum Gasteiger partial charge on any atom is 0.325 e. The number of H-pyrrole nitrogens is 1. The highest BCUT2D eigenvalue weighted by Crippen LogP contribution is 2.30. The lowest BCUT2D eigenvalue weighted by Gasteiger charge is -2.23. The molecule has 1 saturated heterocycles. The molecule has 3 rings (SSSR count). The molecule has 4 nitrogen and oxygen atoms in total. The van der Waals surface area contributed by atoms with Crippen molar-refractivity contribution in [3.63, 3.8) is 0 Å². The number of benzene rings is 1. The van der Waals surface area contributed by atoms with Crippen molar-refractivity contribution in [1.29, 1.82) is 0 Å². The van der Waals surface area contributed by atoms with E-state index >= 15 is 0 Å². The molecule has 4 heteroatoms. The van der Waals surface area contributed by atoms with Crippen molar-refractivity contribution >= 4 is 16.9 Å². The number of carboxylic acids is 1. The lowest BCUT2D eigenvalue weighted by atomic mass is 10.0. The molecule has 94 valence electrons. The van der Waals surface area contributed by atoms with Crippen LogP contribution >= 0.6 is 0 Å². The molecule has 0 aliphatic carbocycles. The molecule has 0 unspecified atom stereocenters. The lowest BCUT2D eigenvalue weighted by Crippen LogP contribution is -2.31. The van der Waals surface area contributed by atoms with Crippen LogP contribution in [0.4, 0.5) is 0 Å². The van der Waals surface area contributed by atoms with E-state index in [1.54, 1.807) is 0 Å². The summed E-state index contributed by atoms with van der Waals surface area (Å²) >= 11 is 0. The average molecular weight is 244 g/mol. The van der Waals surface area contributed by atoms with Gasteiger partial charge in [0.15, 0.2) is 0 Å². The topological polar surface area (TPSA) is 56.3 Å². The van der Waals surface area contributed by atoms with E-state index in [2.05, 4.69) is 9.88 Å². The van der Waals surface area contributed by atoms with Crippen molar-refractivity contribution in [3.05, 3.63) is 36.0 Å². The Balaban J connectivity index is 2.06. The van der Waals surface area contributed by atoms with Crippen LogP contribution in [-0.2, 0) is 4.79 Å². The van der Waals surface area contributed by atoms with Crippen molar-refractivity contribution in [3.8, 4) is 0 Å². The molecule has 0 radical (unpaired) electrons. The minimum absolute atomic E-state index is 0.524. The van der Waals surface area contributed by atoms with Gasteiger partial charge in [-0.3, -0.25) is 9.69 Å². The number of nitrogens with one attached hydrogen (secondary N) is 1. The Morgan fingerprint density at radius 2 is 2.00 bits per heavy atom. The highest BCUT2D eigenvalue weighted by Gasteiger charge is 2.31. The molecule has 1 aliphatic heterocycles. The zero-order valence-corrected chi connectivity index (χ0v) is 10.1. The van der Waals surface area contributed by atoms with E-state index in [0.29, 0.717) is 0 Å². The lowest BCUT2D eigenvalue weighted by molar-refractivity contribution is -0.143. The fourth-order valence-electron chi connectivity index (χ4n) is 2.81. The number of hydrogen-bond acceptors (Lipinski definition) is 2. The first-order chi connectivity index (χ1) is 8.77. The normalized spacial score (nSPS) is 18.2. The second-order valence-electron chi connectivity index (χ2n) is 4.77. The number of carboxylic acid groups (broad SMARTS) is 1. The van der Waals surface area contributed by atoms with Crippen molar-refractivity contribution in [2.75, 3.05) is 13.1 Å². The van der Waals surface area contributed by atoms with Crippen molar-refractivity contribution in [2.24, 2.45) is 0 Å². The first-order valence-corrected chi connectivity index (χ1v) is 6.30. The Morgan fingerprint density at radius 1 is 1.28 bits per heavy atom. The van der Waals surface area contributed by atoms with E-state index in [1.807, 2.05) is 30.5 Å². The number of nitrogens with zero attached hydrogens (tertiary/aromatic N) is 1. The molecule has 0 bridgehead atoms. The Bertz CT molecular complexity index is 570. The van der Waals surface area contributed by atoms with Gasteiger partial charge >= 0.3 is 5.97 Å². The third-order valence-corrected chi connectivity index (χ3v) is 3.66. The maximum atomic E-state index is 11.6. The Labute approximate surface area is 105 Å². The molecule has 1 aromatic carbocycles. The smallest absolute Gasteiger partial charge is 0.325 e. The number of aromatic nitrogens is 1. The van der Waals surface area contributed by atoms with Crippen LogP contribution in [0.15, 0.2) is 30.5 Å². The zero-order valence-electron chi connectivity index (χ0n) is 10.1. The molecule has 0 saturated carbocycles. The average Bonchev–Trinajstić information content (AvgIpc) is 3.00. The summed E-state index contributed by atoms with van der Waals surface area (Å²) in [5, 5.41) is 10.5. The van der Waals surface area contributed by atoms with Crippen LogP contribution in [0.25, 0.3) is 10.9 Å². The number of hydrogen-bond donors (Lipinski definition) is 2. The zero-order chi connectivity index (χ0) is 12.5. The van der Waals surface area contributed by atoms with Gasteiger partial charge in [0.2, 0.25) is 0 Å². The summed E-state index contributed by atoms with van der Waals surface area (Å²) < 4.78 is 0. The molecule has 1 fully saturated rings. The molecular weight excluding hydrogens is 228 g/mol. The fourth-order valence-corrected chi connectivity index (χ4v) is 2.81. The highest BCUT2D eigenvalue weighted by atomic mass is 16.4. The van der Waals surface area contributed by atoms with Crippen LogP contribution in [0, 0.1) is 0 Å². The van der Waals surface area contributed by atoms with E-state index in [-0.39, 0.29) is 0 Å². The van der Waals surface area contributed by atoms with E-state index in [0.717, 1.165) is 42.4 Å².